The highest BCUT2D eigenvalue weighted by Crippen LogP contribution is 2.21. The maximum absolute atomic E-state index is 5.80. The van der Waals surface area contributed by atoms with Crippen molar-refractivity contribution in [1.29, 1.82) is 0 Å². The molecule has 2 aromatic heterocycles. The molecule has 5 nitrogen and oxygen atoms in total. The molecule has 0 spiro atoms. The molecule has 0 atom stereocenters. The number of nitrogens with zero attached hydrogens (tertiary/aromatic N) is 4. The predicted octanol–water partition coefficient (Wildman–Crippen LogP) is 1.68. The van der Waals surface area contributed by atoms with Gasteiger partial charge in [-0.05, 0) is 30.7 Å². The van der Waals surface area contributed by atoms with Gasteiger partial charge in [0, 0.05) is 23.5 Å². The molecule has 0 saturated carbocycles. The van der Waals surface area contributed by atoms with Crippen molar-refractivity contribution in [2.24, 2.45) is 0 Å². The zero-order chi connectivity index (χ0) is 11.8. The molecule has 0 fully saturated rings. The monoisotopic (exact) mass is 225 g/mol. The molecule has 0 aliphatic rings. The van der Waals surface area contributed by atoms with Crippen molar-refractivity contribution >= 4 is 11.3 Å². The molecule has 3 aromatic rings. The van der Waals surface area contributed by atoms with Crippen LogP contribution in [0.2, 0.25) is 0 Å². The van der Waals surface area contributed by atoms with Gasteiger partial charge in [0.25, 0.3) is 0 Å². The van der Waals surface area contributed by atoms with Gasteiger partial charge in [-0.3, -0.25) is 4.40 Å². The third-order valence-electron chi connectivity index (χ3n) is 2.74. The number of anilines is 1. The van der Waals surface area contributed by atoms with Crippen molar-refractivity contribution in [2.75, 3.05) is 5.73 Å². The van der Waals surface area contributed by atoms with Gasteiger partial charge in [-0.15, -0.1) is 10.2 Å². The number of aryl methyl sites for hydroxylation is 1. The third-order valence-corrected chi connectivity index (χ3v) is 2.74. The Kier molecular flexibility index (Phi) is 2.04. The van der Waals surface area contributed by atoms with E-state index >= 15 is 0 Å². The van der Waals surface area contributed by atoms with Crippen LogP contribution in [0.25, 0.3) is 17.0 Å². The van der Waals surface area contributed by atoms with Crippen LogP contribution >= 0.6 is 0 Å². The summed E-state index contributed by atoms with van der Waals surface area (Å²) in [5, 5.41) is 8.26. The van der Waals surface area contributed by atoms with Crippen LogP contribution in [0.5, 0.6) is 0 Å². The SMILES string of the molecule is Cc1cc(-c2nnc3ccncn23)ccc1N. The summed E-state index contributed by atoms with van der Waals surface area (Å²) >= 11 is 0. The van der Waals surface area contributed by atoms with Crippen LogP contribution in [0.15, 0.2) is 36.8 Å². The van der Waals surface area contributed by atoms with Gasteiger partial charge in [-0.1, -0.05) is 0 Å². The summed E-state index contributed by atoms with van der Waals surface area (Å²) < 4.78 is 1.85. The molecule has 0 radical (unpaired) electrons. The fraction of sp³-hybridized carbons (Fsp3) is 0.0833. The minimum Gasteiger partial charge on any atom is -0.399 e. The molecule has 0 unspecified atom stereocenters. The van der Waals surface area contributed by atoms with Crippen molar-refractivity contribution < 1.29 is 0 Å². The Hall–Kier alpha value is -2.43. The first-order valence-corrected chi connectivity index (χ1v) is 5.27. The molecule has 17 heavy (non-hydrogen) atoms. The van der Waals surface area contributed by atoms with Crippen LogP contribution in [0, 0.1) is 6.92 Å². The number of fused-ring (bicyclic) bond motifs is 1. The second-order valence-electron chi connectivity index (χ2n) is 3.90. The maximum Gasteiger partial charge on any atom is 0.169 e. The highest BCUT2D eigenvalue weighted by molar-refractivity contribution is 5.64. The summed E-state index contributed by atoms with van der Waals surface area (Å²) in [6, 6.07) is 7.63. The summed E-state index contributed by atoms with van der Waals surface area (Å²) in [5.74, 6) is 0.774. The first-order valence-electron chi connectivity index (χ1n) is 5.27. The van der Waals surface area contributed by atoms with E-state index in [4.69, 9.17) is 5.73 Å². The molecule has 1 aromatic carbocycles. The van der Waals surface area contributed by atoms with Gasteiger partial charge in [-0.2, -0.15) is 0 Å². The van der Waals surface area contributed by atoms with Crippen molar-refractivity contribution in [3.8, 4) is 11.4 Å². The third kappa shape index (κ3) is 1.52. The molecule has 3 rings (SSSR count). The number of hydrogen-bond donors (Lipinski definition) is 1. The van der Waals surface area contributed by atoms with Crippen LogP contribution in [-0.2, 0) is 0 Å². The first-order chi connectivity index (χ1) is 8.25. The Bertz CT molecular complexity index is 686. The average molecular weight is 225 g/mol. The Balaban J connectivity index is 2.24. The van der Waals surface area contributed by atoms with E-state index in [1.807, 2.05) is 35.6 Å². The smallest absolute Gasteiger partial charge is 0.169 e. The van der Waals surface area contributed by atoms with Crippen LogP contribution in [-0.4, -0.2) is 19.6 Å². The van der Waals surface area contributed by atoms with Crippen molar-refractivity contribution in [3.63, 3.8) is 0 Å². The molecule has 0 bridgehead atoms. The zero-order valence-electron chi connectivity index (χ0n) is 9.33. The van der Waals surface area contributed by atoms with E-state index in [9.17, 15) is 0 Å². The van der Waals surface area contributed by atoms with Gasteiger partial charge in [0.1, 0.15) is 6.33 Å². The Morgan fingerprint density at radius 3 is 2.88 bits per heavy atom. The van der Waals surface area contributed by atoms with E-state index in [0.29, 0.717) is 0 Å². The number of aromatic nitrogens is 4. The van der Waals surface area contributed by atoms with E-state index in [1.165, 1.54) is 0 Å². The van der Waals surface area contributed by atoms with E-state index in [-0.39, 0.29) is 0 Å². The van der Waals surface area contributed by atoms with Gasteiger partial charge in [0.15, 0.2) is 11.5 Å². The van der Waals surface area contributed by atoms with Crippen molar-refractivity contribution in [1.82, 2.24) is 19.6 Å². The fourth-order valence-corrected chi connectivity index (χ4v) is 1.76. The number of rotatable bonds is 1. The van der Waals surface area contributed by atoms with Crippen molar-refractivity contribution in [3.05, 3.63) is 42.4 Å². The normalized spacial score (nSPS) is 10.9. The lowest BCUT2D eigenvalue weighted by Crippen LogP contribution is -1.93. The lowest BCUT2D eigenvalue weighted by Gasteiger charge is -2.03. The number of nitrogen functional groups attached to an aromatic ring is 1. The molecule has 0 amide bonds. The van der Waals surface area contributed by atoms with Crippen molar-refractivity contribution in [2.45, 2.75) is 6.92 Å². The Morgan fingerprint density at radius 2 is 2.06 bits per heavy atom. The maximum atomic E-state index is 5.80. The summed E-state index contributed by atoms with van der Waals surface area (Å²) in [5.41, 5.74) is 9.37. The topological polar surface area (TPSA) is 69.1 Å². The minimum atomic E-state index is 0.774. The summed E-state index contributed by atoms with van der Waals surface area (Å²) in [7, 11) is 0. The van der Waals surface area contributed by atoms with Gasteiger partial charge in [0.05, 0.1) is 0 Å². The number of nitrogens with two attached hydrogens (primary N) is 1. The quantitative estimate of drug-likeness (QED) is 0.640. The summed E-state index contributed by atoms with van der Waals surface area (Å²) in [6.07, 6.45) is 3.40. The molecular formula is C12H11N5. The van der Waals surface area contributed by atoms with Gasteiger partial charge in [-0.25, -0.2) is 4.98 Å². The lowest BCUT2D eigenvalue weighted by atomic mass is 10.1. The largest absolute Gasteiger partial charge is 0.399 e. The molecule has 5 heteroatoms. The molecule has 2 N–H and O–H groups in total. The van der Waals surface area contributed by atoms with Crippen LogP contribution in [0.3, 0.4) is 0 Å². The Labute approximate surface area is 97.9 Å². The van der Waals surface area contributed by atoms with Crippen LogP contribution < -0.4 is 5.73 Å². The summed E-state index contributed by atoms with van der Waals surface area (Å²) in [4.78, 5) is 4.07. The van der Waals surface area contributed by atoms with Gasteiger partial charge in [0.2, 0.25) is 0 Å². The standard InChI is InChI=1S/C12H11N5/c1-8-6-9(2-3-10(8)13)12-16-15-11-4-5-14-7-17(11)12/h2-7H,13H2,1H3. The molecule has 2 heterocycles. The lowest BCUT2D eigenvalue weighted by molar-refractivity contribution is 1.08. The first kappa shape index (κ1) is 9.77. The second kappa shape index (κ2) is 3.55. The van der Waals surface area contributed by atoms with E-state index in [1.54, 1.807) is 12.5 Å². The van der Waals surface area contributed by atoms with E-state index in [2.05, 4.69) is 15.2 Å². The second-order valence-corrected chi connectivity index (χ2v) is 3.90. The molecule has 0 aliphatic heterocycles. The molecular weight excluding hydrogens is 214 g/mol. The van der Waals surface area contributed by atoms with Crippen LogP contribution in [0.1, 0.15) is 5.56 Å². The minimum absolute atomic E-state index is 0.774. The number of benzene rings is 1. The van der Waals surface area contributed by atoms with Gasteiger partial charge < -0.3 is 5.73 Å². The Morgan fingerprint density at radius 1 is 1.18 bits per heavy atom. The highest BCUT2D eigenvalue weighted by atomic mass is 15.3. The molecule has 84 valence electrons. The summed E-state index contributed by atoms with van der Waals surface area (Å²) in [6.45, 7) is 1.97. The van der Waals surface area contributed by atoms with Crippen LogP contribution in [0.4, 0.5) is 5.69 Å². The number of hydrogen-bond acceptors (Lipinski definition) is 4. The molecule has 0 aliphatic carbocycles. The highest BCUT2D eigenvalue weighted by Gasteiger charge is 2.08. The molecule has 0 saturated heterocycles. The average Bonchev–Trinajstić information content (AvgIpc) is 2.76. The van der Waals surface area contributed by atoms with Gasteiger partial charge >= 0.3 is 0 Å². The zero-order valence-corrected chi connectivity index (χ0v) is 9.33. The van der Waals surface area contributed by atoms with E-state index in [0.717, 1.165) is 28.3 Å². The predicted molar refractivity (Wildman–Crippen MR) is 65.4 cm³/mol. The van der Waals surface area contributed by atoms with E-state index < -0.39 is 0 Å². The fourth-order valence-electron chi connectivity index (χ4n) is 1.76.